The van der Waals surface area contributed by atoms with Gasteiger partial charge in [0.05, 0.1) is 12.2 Å². The fourth-order valence-corrected chi connectivity index (χ4v) is 3.30. The quantitative estimate of drug-likeness (QED) is 0.717. The number of fused-ring (bicyclic) bond motifs is 2. The Balaban J connectivity index is 1.86. The Kier molecular flexibility index (Phi) is 3.27. The Morgan fingerprint density at radius 2 is 1.96 bits per heavy atom. The predicted molar refractivity (Wildman–Crippen MR) is 88.3 cm³/mol. The average Bonchev–Trinajstić information content (AvgIpc) is 2.93. The van der Waals surface area contributed by atoms with Crippen LogP contribution in [0.1, 0.15) is 17.4 Å². The van der Waals surface area contributed by atoms with Crippen molar-refractivity contribution in [1.29, 1.82) is 0 Å². The minimum absolute atomic E-state index is 0.0178. The Hall–Kier alpha value is -2.47. The van der Waals surface area contributed by atoms with Gasteiger partial charge in [0.2, 0.25) is 0 Å². The van der Waals surface area contributed by atoms with Crippen molar-refractivity contribution in [3.63, 3.8) is 0 Å². The molecular weight excluding hydrogens is 290 g/mol. The van der Waals surface area contributed by atoms with E-state index in [4.69, 9.17) is 4.98 Å². The zero-order chi connectivity index (χ0) is 16.0. The largest absolute Gasteiger partial charge is 0.294 e. The van der Waals surface area contributed by atoms with Gasteiger partial charge in [-0.2, -0.15) is 5.10 Å². The summed E-state index contributed by atoms with van der Waals surface area (Å²) in [6.07, 6.45) is 2.45. The van der Waals surface area contributed by atoms with Gasteiger partial charge < -0.3 is 0 Å². The number of likely N-dealkylation sites (N-methyl/N-ethyl adjacent to an activating group) is 1. The van der Waals surface area contributed by atoms with Crippen LogP contribution < -0.4 is 5.56 Å². The number of aromatic nitrogens is 4. The lowest BCUT2D eigenvalue weighted by atomic mass is 10.0. The molecule has 118 valence electrons. The van der Waals surface area contributed by atoms with E-state index in [1.807, 2.05) is 29.8 Å². The summed E-state index contributed by atoms with van der Waals surface area (Å²) in [5.41, 5.74) is 1.93. The van der Waals surface area contributed by atoms with E-state index >= 15 is 0 Å². The first-order valence-electron chi connectivity index (χ1n) is 7.82. The fraction of sp³-hybridized carbons (Fsp3) is 0.353. The van der Waals surface area contributed by atoms with Gasteiger partial charge in [-0.1, -0.05) is 30.3 Å². The predicted octanol–water partition coefficient (Wildman–Crippen LogP) is 1.36. The van der Waals surface area contributed by atoms with Crippen LogP contribution in [0.2, 0.25) is 0 Å². The van der Waals surface area contributed by atoms with E-state index in [1.54, 1.807) is 10.9 Å². The number of rotatable bonds is 2. The van der Waals surface area contributed by atoms with Gasteiger partial charge in [0.1, 0.15) is 11.2 Å². The van der Waals surface area contributed by atoms with Gasteiger partial charge in [-0.3, -0.25) is 18.9 Å². The molecule has 0 saturated carbocycles. The second kappa shape index (κ2) is 5.31. The summed E-state index contributed by atoms with van der Waals surface area (Å²) < 4.78 is 3.49. The first-order valence-corrected chi connectivity index (χ1v) is 7.82. The van der Waals surface area contributed by atoms with Crippen LogP contribution >= 0.6 is 0 Å². The molecule has 0 bridgehead atoms. The molecule has 6 nitrogen and oxygen atoms in total. The van der Waals surface area contributed by atoms with Gasteiger partial charge in [0.25, 0.3) is 5.56 Å². The first kappa shape index (κ1) is 14.1. The molecule has 0 spiro atoms. The second-order valence-electron chi connectivity index (χ2n) is 6.12. The van der Waals surface area contributed by atoms with Crippen LogP contribution in [0.4, 0.5) is 0 Å². The van der Waals surface area contributed by atoms with Crippen molar-refractivity contribution in [2.45, 2.75) is 19.0 Å². The van der Waals surface area contributed by atoms with Crippen molar-refractivity contribution in [3.8, 4) is 0 Å². The van der Waals surface area contributed by atoms with Crippen LogP contribution in [-0.4, -0.2) is 37.8 Å². The average molecular weight is 309 g/mol. The highest BCUT2D eigenvalue weighted by Gasteiger charge is 2.28. The number of aryl methyl sites for hydroxylation is 1. The second-order valence-corrected chi connectivity index (χ2v) is 6.12. The Morgan fingerprint density at radius 3 is 2.74 bits per heavy atom. The van der Waals surface area contributed by atoms with Gasteiger partial charge in [0.15, 0.2) is 5.65 Å². The molecule has 3 heterocycles. The standard InChI is InChI=1S/C17H19N5O/c1-20-8-9-22-16(14(20)10-12-6-4-3-5-7-12)19-15-13(17(22)23)11-18-21(15)2/h3-7,11,14H,8-10H2,1-2H3. The van der Waals surface area contributed by atoms with Gasteiger partial charge in [-0.05, 0) is 19.0 Å². The zero-order valence-corrected chi connectivity index (χ0v) is 13.3. The van der Waals surface area contributed by atoms with E-state index in [-0.39, 0.29) is 11.6 Å². The molecule has 1 atom stereocenters. The number of hydrogen-bond donors (Lipinski definition) is 0. The Morgan fingerprint density at radius 1 is 1.17 bits per heavy atom. The molecule has 0 saturated heterocycles. The molecule has 0 amide bonds. The highest BCUT2D eigenvalue weighted by molar-refractivity contribution is 5.73. The number of benzene rings is 1. The van der Waals surface area contributed by atoms with Gasteiger partial charge in [0, 0.05) is 20.1 Å². The minimum atomic E-state index is 0.0178. The van der Waals surface area contributed by atoms with Crippen LogP contribution in [0.3, 0.4) is 0 Å². The molecule has 0 fully saturated rings. The van der Waals surface area contributed by atoms with Crippen LogP contribution in [0.5, 0.6) is 0 Å². The summed E-state index contributed by atoms with van der Waals surface area (Å²) in [6, 6.07) is 10.4. The highest BCUT2D eigenvalue weighted by atomic mass is 16.1. The van der Waals surface area contributed by atoms with Crippen molar-refractivity contribution in [2.24, 2.45) is 7.05 Å². The lowest BCUT2D eigenvalue weighted by molar-refractivity contribution is 0.185. The molecule has 1 aliphatic heterocycles. The lowest BCUT2D eigenvalue weighted by Gasteiger charge is -2.34. The maximum atomic E-state index is 12.7. The molecule has 3 aromatic rings. The maximum Gasteiger partial charge on any atom is 0.264 e. The van der Waals surface area contributed by atoms with E-state index in [2.05, 4.69) is 29.2 Å². The molecule has 23 heavy (non-hydrogen) atoms. The molecule has 2 aromatic heterocycles. The minimum Gasteiger partial charge on any atom is -0.294 e. The summed E-state index contributed by atoms with van der Waals surface area (Å²) in [4.78, 5) is 19.8. The Labute approximate surface area is 134 Å². The molecule has 1 aromatic carbocycles. The van der Waals surface area contributed by atoms with Crippen LogP contribution in [0.15, 0.2) is 41.3 Å². The van der Waals surface area contributed by atoms with Crippen molar-refractivity contribution in [3.05, 3.63) is 58.3 Å². The smallest absolute Gasteiger partial charge is 0.264 e. The summed E-state index contributed by atoms with van der Waals surface area (Å²) in [7, 11) is 3.92. The normalized spacial score (nSPS) is 18.3. The fourth-order valence-electron chi connectivity index (χ4n) is 3.30. The van der Waals surface area contributed by atoms with E-state index in [9.17, 15) is 4.79 Å². The summed E-state index contributed by atoms with van der Waals surface area (Å²) in [6.45, 7) is 1.52. The molecule has 1 unspecified atom stereocenters. The third-order valence-electron chi connectivity index (χ3n) is 4.66. The summed E-state index contributed by atoms with van der Waals surface area (Å²) >= 11 is 0. The number of hydrogen-bond acceptors (Lipinski definition) is 4. The third-order valence-corrected chi connectivity index (χ3v) is 4.66. The molecule has 4 rings (SSSR count). The zero-order valence-electron chi connectivity index (χ0n) is 13.3. The summed E-state index contributed by atoms with van der Waals surface area (Å²) in [5, 5.41) is 4.78. The lowest BCUT2D eigenvalue weighted by Crippen LogP contribution is -2.42. The first-order chi connectivity index (χ1) is 11.1. The third kappa shape index (κ3) is 2.26. The Bertz CT molecular complexity index is 912. The SMILES string of the molecule is CN1CCn2c(nc3c(cnn3C)c2=O)C1Cc1ccccc1. The van der Waals surface area contributed by atoms with Crippen LogP contribution in [0.25, 0.3) is 11.0 Å². The van der Waals surface area contributed by atoms with Gasteiger partial charge in [-0.15, -0.1) is 0 Å². The molecular formula is C17H19N5O. The molecule has 6 heteroatoms. The monoisotopic (exact) mass is 309 g/mol. The van der Waals surface area contributed by atoms with Crippen LogP contribution in [0, 0.1) is 0 Å². The maximum absolute atomic E-state index is 12.7. The molecule has 0 N–H and O–H groups in total. The summed E-state index contributed by atoms with van der Waals surface area (Å²) in [5.74, 6) is 0.837. The van der Waals surface area contributed by atoms with Crippen molar-refractivity contribution in [2.75, 3.05) is 13.6 Å². The molecule has 1 aliphatic rings. The van der Waals surface area contributed by atoms with E-state index in [0.29, 0.717) is 17.6 Å². The van der Waals surface area contributed by atoms with Gasteiger partial charge >= 0.3 is 0 Å². The van der Waals surface area contributed by atoms with Crippen molar-refractivity contribution >= 4 is 11.0 Å². The van der Waals surface area contributed by atoms with Crippen molar-refractivity contribution < 1.29 is 0 Å². The van der Waals surface area contributed by atoms with Gasteiger partial charge in [-0.25, -0.2) is 4.98 Å². The number of nitrogens with zero attached hydrogens (tertiary/aromatic N) is 5. The van der Waals surface area contributed by atoms with E-state index in [0.717, 1.165) is 18.8 Å². The van der Waals surface area contributed by atoms with Crippen molar-refractivity contribution in [1.82, 2.24) is 24.2 Å². The van der Waals surface area contributed by atoms with Crippen LogP contribution in [-0.2, 0) is 20.0 Å². The molecule has 0 radical (unpaired) electrons. The topological polar surface area (TPSA) is 56.0 Å². The molecule has 0 aliphatic carbocycles. The highest BCUT2D eigenvalue weighted by Crippen LogP contribution is 2.26. The van der Waals surface area contributed by atoms with E-state index in [1.165, 1.54) is 5.56 Å². The van der Waals surface area contributed by atoms with E-state index < -0.39 is 0 Å².